The first kappa shape index (κ1) is 24.2. The summed E-state index contributed by atoms with van der Waals surface area (Å²) in [5.74, 6) is 2.24. The average molecular weight is 515 g/mol. The summed E-state index contributed by atoms with van der Waals surface area (Å²) in [5, 5.41) is 12.7. The molecule has 1 amide bonds. The van der Waals surface area contributed by atoms with Crippen LogP contribution in [0.2, 0.25) is 0 Å². The number of aryl methyl sites for hydroxylation is 1. The lowest BCUT2D eigenvalue weighted by atomic mass is 9.48. The van der Waals surface area contributed by atoms with Crippen LogP contribution in [0.4, 0.5) is 0 Å². The fraction of sp³-hybridized carbons (Fsp3) is 0.531. The van der Waals surface area contributed by atoms with Gasteiger partial charge in [-0.3, -0.25) is 9.69 Å². The molecule has 5 aliphatic rings. The van der Waals surface area contributed by atoms with E-state index in [9.17, 15) is 9.90 Å². The summed E-state index contributed by atoms with van der Waals surface area (Å²) < 4.78 is 12.6. The fourth-order valence-corrected chi connectivity index (χ4v) is 8.22. The first-order valence-electron chi connectivity index (χ1n) is 14.2. The van der Waals surface area contributed by atoms with Gasteiger partial charge in [0.1, 0.15) is 6.10 Å². The Kier molecular flexibility index (Phi) is 5.47. The van der Waals surface area contributed by atoms with Crippen LogP contribution in [0.5, 0.6) is 11.5 Å². The van der Waals surface area contributed by atoms with E-state index in [1.54, 1.807) is 13.2 Å². The Morgan fingerprint density at radius 2 is 2.08 bits per heavy atom. The van der Waals surface area contributed by atoms with E-state index in [0.29, 0.717) is 12.8 Å². The van der Waals surface area contributed by atoms with Gasteiger partial charge >= 0.3 is 0 Å². The van der Waals surface area contributed by atoms with E-state index in [0.717, 1.165) is 54.5 Å². The standard InChI is InChI=1S/C32H38N2O4/c1-20-5-4-6-21(17-20)9-12-27(35)33(2)24-13-14-32(36)26-18-23-10-11-25(37-3)29-28(23)31(32,30(24)38-29)15-16-34(26)19-22-7-8-22/h4-6,9-12,17,22,24,26,30,36H,7-8,13-16,18-19H2,1-3H3/t24-,26-,30+,31+,32-/m1/s1. The number of aliphatic hydroxyl groups is 1. The van der Waals surface area contributed by atoms with Gasteiger partial charge in [0.15, 0.2) is 11.5 Å². The highest BCUT2D eigenvalue weighted by molar-refractivity contribution is 5.92. The molecule has 6 nitrogen and oxygen atoms in total. The van der Waals surface area contributed by atoms with Gasteiger partial charge < -0.3 is 19.5 Å². The molecular weight excluding hydrogens is 476 g/mol. The lowest BCUT2D eigenvalue weighted by Crippen LogP contribution is -2.78. The number of piperidine rings is 1. The number of benzene rings is 2. The third-order valence-corrected chi connectivity index (χ3v) is 10.2. The highest BCUT2D eigenvalue weighted by Gasteiger charge is 2.73. The zero-order valence-electron chi connectivity index (χ0n) is 22.7. The first-order valence-corrected chi connectivity index (χ1v) is 14.2. The first-order chi connectivity index (χ1) is 18.4. The van der Waals surface area contributed by atoms with Crippen LogP contribution in [-0.2, 0) is 16.6 Å². The molecule has 2 bridgehead atoms. The van der Waals surface area contributed by atoms with Gasteiger partial charge in [0.2, 0.25) is 5.91 Å². The zero-order chi connectivity index (χ0) is 26.2. The average Bonchev–Trinajstić information content (AvgIpc) is 3.66. The monoisotopic (exact) mass is 514 g/mol. The Labute approximate surface area is 225 Å². The number of ether oxygens (including phenoxy) is 2. The van der Waals surface area contributed by atoms with Crippen LogP contribution in [0.15, 0.2) is 42.5 Å². The van der Waals surface area contributed by atoms with Gasteiger partial charge in [-0.2, -0.15) is 0 Å². The van der Waals surface area contributed by atoms with Gasteiger partial charge in [-0.25, -0.2) is 0 Å². The van der Waals surface area contributed by atoms with Crippen LogP contribution in [0, 0.1) is 12.8 Å². The van der Waals surface area contributed by atoms with E-state index in [2.05, 4.69) is 30.0 Å². The lowest BCUT2D eigenvalue weighted by Gasteiger charge is -2.64. The van der Waals surface area contributed by atoms with Gasteiger partial charge in [-0.15, -0.1) is 0 Å². The molecule has 6 heteroatoms. The minimum Gasteiger partial charge on any atom is -0.493 e. The molecule has 3 aliphatic carbocycles. The second-order valence-electron chi connectivity index (χ2n) is 12.3. The van der Waals surface area contributed by atoms with E-state index < -0.39 is 11.0 Å². The smallest absolute Gasteiger partial charge is 0.246 e. The maximum Gasteiger partial charge on any atom is 0.246 e. The fourth-order valence-electron chi connectivity index (χ4n) is 8.22. The topological polar surface area (TPSA) is 62.2 Å². The van der Waals surface area contributed by atoms with Crippen LogP contribution in [0.1, 0.15) is 54.4 Å². The molecule has 2 aromatic rings. The number of carbonyl (C=O) groups is 1. The summed E-state index contributed by atoms with van der Waals surface area (Å²) >= 11 is 0. The van der Waals surface area contributed by atoms with Crippen molar-refractivity contribution < 1.29 is 19.4 Å². The molecule has 3 fully saturated rings. The summed E-state index contributed by atoms with van der Waals surface area (Å²) in [5.41, 5.74) is 3.18. The van der Waals surface area contributed by atoms with Crippen molar-refractivity contribution in [3.05, 3.63) is 64.7 Å². The molecule has 2 aliphatic heterocycles. The van der Waals surface area contributed by atoms with Crippen LogP contribution < -0.4 is 9.47 Å². The molecule has 0 unspecified atom stereocenters. The van der Waals surface area contributed by atoms with Crippen LogP contribution in [0.3, 0.4) is 0 Å². The molecule has 200 valence electrons. The predicted octanol–water partition coefficient (Wildman–Crippen LogP) is 4.11. The molecule has 2 aromatic carbocycles. The molecule has 5 atom stereocenters. The van der Waals surface area contributed by atoms with E-state index >= 15 is 0 Å². The molecule has 1 N–H and O–H groups in total. The molecule has 2 heterocycles. The maximum absolute atomic E-state index is 13.5. The van der Waals surface area contributed by atoms with E-state index in [1.807, 2.05) is 36.2 Å². The van der Waals surface area contributed by atoms with Crippen molar-refractivity contribution in [1.29, 1.82) is 0 Å². The van der Waals surface area contributed by atoms with Crippen LogP contribution in [-0.4, -0.2) is 71.8 Å². The highest BCUT2D eigenvalue weighted by Crippen LogP contribution is 2.66. The summed E-state index contributed by atoms with van der Waals surface area (Å²) in [6.07, 6.45) is 8.92. The Balaban J connectivity index is 1.26. The zero-order valence-corrected chi connectivity index (χ0v) is 22.7. The minimum absolute atomic E-state index is 0.0383. The predicted molar refractivity (Wildman–Crippen MR) is 146 cm³/mol. The number of hydrogen-bond donors (Lipinski definition) is 1. The van der Waals surface area contributed by atoms with Crippen LogP contribution in [0.25, 0.3) is 6.08 Å². The van der Waals surface area contributed by atoms with Crippen LogP contribution >= 0.6 is 0 Å². The summed E-state index contributed by atoms with van der Waals surface area (Å²) in [4.78, 5) is 17.9. The number of likely N-dealkylation sites (tertiary alicyclic amines) is 1. The molecule has 1 saturated heterocycles. The van der Waals surface area contributed by atoms with Crippen molar-refractivity contribution in [3.63, 3.8) is 0 Å². The Morgan fingerprint density at radius 1 is 1.24 bits per heavy atom. The minimum atomic E-state index is -0.882. The van der Waals surface area contributed by atoms with E-state index in [-0.39, 0.29) is 24.1 Å². The van der Waals surface area contributed by atoms with Gasteiger partial charge in [-0.05, 0) is 81.2 Å². The third-order valence-electron chi connectivity index (χ3n) is 10.2. The molecule has 38 heavy (non-hydrogen) atoms. The van der Waals surface area contributed by atoms with Gasteiger partial charge in [-0.1, -0.05) is 35.9 Å². The van der Waals surface area contributed by atoms with Crippen molar-refractivity contribution in [1.82, 2.24) is 9.80 Å². The number of carbonyl (C=O) groups excluding carboxylic acids is 1. The number of hydrogen-bond acceptors (Lipinski definition) is 5. The SMILES string of the molecule is COc1ccc2c3c1O[C@H]1[C@H](N(C)C(=O)C=Cc4cccc(C)c4)CC[C@@]4(O)[C@@H](C2)N(CC2CC2)CC[C@]314. The Morgan fingerprint density at radius 3 is 2.84 bits per heavy atom. The second-order valence-corrected chi connectivity index (χ2v) is 12.3. The molecule has 0 radical (unpaired) electrons. The molecule has 0 aromatic heterocycles. The van der Waals surface area contributed by atoms with Crippen molar-refractivity contribution >= 4 is 12.0 Å². The highest BCUT2D eigenvalue weighted by atomic mass is 16.5. The number of nitrogens with zero attached hydrogens (tertiary/aromatic N) is 2. The van der Waals surface area contributed by atoms with Gasteiger partial charge in [0.25, 0.3) is 0 Å². The van der Waals surface area contributed by atoms with Crippen molar-refractivity contribution in [3.8, 4) is 11.5 Å². The quantitative estimate of drug-likeness (QED) is 0.588. The third kappa shape index (κ3) is 3.35. The normalized spacial score (nSPS) is 33.1. The van der Waals surface area contributed by atoms with Crippen molar-refractivity contribution in [2.45, 2.75) is 74.7 Å². The van der Waals surface area contributed by atoms with E-state index in [4.69, 9.17) is 9.47 Å². The van der Waals surface area contributed by atoms with Gasteiger partial charge in [0.05, 0.1) is 24.2 Å². The van der Waals surface area contributed by atoms with Crippen molar-refractivity contribution in [2.75, 3.05) is 27.2 Å². The van der Waals surface area contributed by atoms with Crippen molar-refractivity contribution in [2.24, 2.45) is 5.92 Å². The lowest BCUT2D eigenvalue weighted by molar-refractivity contribution is -0.200. The largest absolute Gasteiger partial charge is 0.493 e. The van der Waals surface area contributed by atoms with Gasteiger partial charge in [0, 0.05) is 31.3 Å². The summed E-state index contributed by atoms with van der Waals surface area (Å²) in [6, 6.07) is 12.3. The maximum atomic E-state index is 13.5. The molecular formula is C32H38N2O4. The summed E-state index contributed by atoms with van der Waals surface area (Å²) in [6.45, 7) is 4.09. The number of likely N-dealkylation sites (N-methyl/N-ethyl adjacent to an activating group) is 1. The molecule has 2 saturated carbocycles. The number of amides is 1. The summed E-state index contributed by atoms with van der Waals surface area (Å²) in [7, 11) is 3.57. The molecule has 1 spiro atoms. The Hall–Kier alpha value is -2.83. The van der Waals surface area contributed by atoms with E-state index in [1.165, 1.54) is 24.0 Å². The number of methoxy groups -OCH3 is 1. The molecule has 7 rings (SSSR count). The Bertz CT molecular complexity index is 1320. The number of rotatable bonds is 6. The second kappa shape index (κ2) is 8.59.